The fourth-order valence-electron chi connectivity index (χ4n) is 1.94. The number of benzene rings is 1. The third kappa shape index (κ3) is 2.99. The minimum Gasteiger partial charge on any atom is -0.397 e. The highest BCUT2D eigenvalue weighted by atomic mass is 79.9. The molecule has 0 bridgehead atoms. The second kappa shape index (κ2) is 6.05. The molecule has 0 spiro atoms. The Hall–Kier alpha value is -1.88. The Balaban J connectivity index is 2.38. The quantitative estimate of drug-likeness (QED) is 0.936. The summed E-state index contributed by atoms with van der Waals surface area (Å²) < 4.78 is 0.882. The number of hydrogen-bond acceptors (Lipinski definition) is 3. The first-order valence-corrected chi connectivity index (χ1v) is 7.11. The molecule has 2 rings (SSSR count). The van der Waals surface area contributed by atoms with Gasteiger partial charge >= 0.3 is 0 Å². The van der Waals surface area contributed by atoms with Crippen LogP contribution >= 0.6 is 15.9 Å². The number of halogens is 1. The number of rotatable bonds is 3. The number of anilines is 2. The van der Waals surface area contributed by atoms with Gasteiger partial charge in [-0.2, -0.15) is 0 Å². The molecule has 2 N–H and O–H groups in total. The minimum atomic E-state index is -0.0661. The predicted octanol–water partition coefficient (Wildman–Crippen LogP) is 3.40. The molecule has 0 unspecified atom stereocenters. The van der Waals surface area contributed by atoms with Crippen LogP contribution in [0.3, 0.4) is 0 Å². The molecule has 5 heteroatoms. The number of nitrogens with two attached hydrogens (primary N) is 1. The van der Waals surface area contributed by atoms with Crippen molar-refractivity contribution in [2.75, 3.05) is 17.2 Å². The lowest BCUT2D eigenvalue weighted by Gasteiger charge is -2.21. The molecule has 0 atom stereocenters. The van der Waals surface area contributed by atoms with Crippen LogP contribution in [-0.2, 0) is 0 Å². The molecule has 0 radical (unpaired) electrons. The monoisotopic (exact) mass is 333 g/mol. The average Bonchev–Trinajstić information content (AvgIpc) is 2.44. The molecule has 104 valence electrons. The molecule has 0 aliphatic carbocycles. The first-order chi connectivity index (χ1) is 9.52. The Bertz CT molecular complexity index is 626. The number of pyridine rings is 1. The summed E-state index contributed by atoms with van der Waals surface area (Å²) in [4.78, 5) is 18.5. The molecule has 0 saturated heterocycles. The second-order valence-corrected chi connectivity index (χ2v) is 5.37. The Morgan fingerprint density at radius 1 is 1.35 bits per heavy atom. The van der Waals surface area contributed by atoms with E-state index in [0.29, 0.717) is 23.6 Å². The van der Waals surface area contributed by atoms with E-state index in [2.05, 4.69) is 20.9 Å². The Kier molecular flexibility index (Phi) is 4.39. The minimum absolute atomic E-state index is 0.0661. The Morgan fingerprint density at radius 3 is 2.70 bits per heavy atom. The number of amides is 1. The van der Waals surface area contributed by atoms with E-state index in [-0.39, 0.29) is 5.91 Å². The summed E-state index contributed by atoms with van der Waals surface area (Å²) in [7, 11) is 0. The zero-order chi connectivity index (χ0) is 14.7. The van der Waals surface area contributed by atoms with Gasteiger partial charge in [0.2, 0.25) is 0 Å². The van der Waals surface area contributed by atoms with Gasteiger partial charge < -0.3 is 5.73 Å². The number of carbonyl (C=O) groups excluding carboxylic acids is 1. The number of aryl methyl sites for hydroxylation is 1. The topological polar surface area (TPSA) is 59.2 Å². The zero-order valence-electron chi connectivity index (χ0n) is 11.4. The van der Waals surface area contributed by atoms with Crippen molar-refractivity contribution in [1.82, 2.24) is 4.98 Å². The highest BCUT2D eigenvalue weighted by molar-refractivity contribution is 9.10. The number of nitrogen functional groups attached to an aromatic ring is 1. The number of aromatic nitrogens is 1. The maximum Gasteiger partial charge on any atom is 0.259 e. The van der Waals surface area contributed by atoms with E-state index in [0.717, 1.165) is 10.0 Å². The van der Waals surface area contributed by atoms with Crippen molar-refractivity contribution in [2.45, 2.75) is 13.8 Å². The van der Waals surface area contributed by atoms with Crippen molar-refractivity contribution in [3.63, 3.8) is 0 Å². The third-order valence-electron chi connectivity index (χ3n) is 3.04. The van der Waals surface area contributed by atoms with Gasteiger partial charge in [-0.3, -0.25) is 9.69 Å². The van der Waals surface area contributed by atoms with Crippen molar-refractivity contribution in [3.05, 3.63) is 52.1 Å². The fraction of sp³-hybridized carbons (Fsp3) is 0.200. The van der Waals surface area contributed by atoms with Crippen LogP contribution in [0.15, 0.2) is 41.0 Å². The van der Waals surface area contributed by atoms with Gasteiger partial charge in [-0.1, -0.05) is 22.0 Å². The highest BCUT2D eigenvalue weighted by Gasteiger charge is 2.19. The second-order valence-electron chi connectivity index (χ2n) is 4.46. The first-order valence-electron chi connectivity index (χ1n) is 6.32. The average molecular weight is 334 g/mol. The normalized spacial score (nSPS) is 10.3. The molecule has 0 aliphatic rings. The van der Waals surface area contributed by atoms with Gasteiger partial charge in [0.1, 0.15) is 5.82 Å². The van der Waals surface area contributed by atoms with Crippen molar-refractivity contribution in [3.8, 4) is 0 Å². The Labute approximate surface area is 126 Å². The van der Waals surface area contributed by atoms with Gasteiger partial charge in [0.15, 0.2) is 0 Å². The van der Waals surface area contributed by atoms with Crippen LogP contribution < -0.4 is 10.6 Å². The van der Waals surface area contributed by atoms with Gasteiger partial charge in [0, 0.05) is 16.6 Å². The van der Waals surface area contributed by atoms with Crippen LogP contribution in [-0.4, -0.2) is 17.4 Å². The number of nitrogens with zero attached hydrogens (tertiary/aromatic N) is 2. The molecular formula is C15H16BrN3O. The van der Waals surface area contributed by atoms with Crippen LogP contribution in [0.4, 0.5) is 11.5 Å². The van der Waals surface area contributed by atoms with Crippen LogP contribution in [0.5, 0.6) is 0 Å². The fourth-order valence-corrected chi connectivity index (χ4v) is 2.30. The molecule has 1 aromatic carbocycles. The molecule has 2 aromatic rings. The Morgan fingerprint density at radius 2 is 2.10 bits per heavy atom. The van der Waals surface area contributed by atoms with E-state index >= 15 is 0 Å². The summed E-state index contributed by atoms with van der Waals surface area (Å²) in [5.41, 5.74) is 7.81. The van der Waals surface area contributed by atoms with E-state index in [1.165, 1.54) is 0 Å². The molecule has 4 nitrogen and oxygen atoms in total. The highest BCUT2D eigenvalue weighted by Crippen LogP contribution is 2.21. The van der Waals surface area contributed by atoms with Crippen LogP contribution in [0, 0.1) is 6.92 Å². The van der Waals surface area contributed by atoms with Crippen molar-refractivity contribution >= 4 is 33.3 Å². The molecule has 20 heavy (non-hydrogen) atoms. The molecule has 0 aliphatic heterocycles. The number of carbonyl (C=O) groups is 1. The lowest BCUT2D eigenvalue weighted by Crippen LogP contribution is -2.31. The summed E-state index contributed by atoms with van der Waals surface area (Å²) in [5.74, 6) is 0.537. The lowest BCUT2D eigenvalue weighted by molar-refractivity contribution is 0.0987. The summed E-state index contributed by atoms with van der Waals surface area (Å²) in [6.07, 6.45) is 1.55. The van der Waals surface area contributed by atoms with E-state index in [4.69, 9.17) is 5.73 Å². The molecule has 1 amide bonds. The van der Waals surface area contributed by atoms with Crippen molar-refractivity contribution in [2.24, 2.45) is 0 Å². The van der Waals surface area contributed by atoms with Gasteiger partial charge in [0.05, 0.1) is 11.9 Å². The van der Waals surface area contributed by atoms with E-state index in [9.17, 15) is 4.79 Å². The van der Waals surface area contributed by atoms with Crippen LogP contribution in [0.2, 0.25) is 0 Å². The van der Waals surface area contributed by atoms with Gasteiger partial charge in [0.25, 0.3) is 5.91 Å². The summed E-state index contributed by atoms with van der Waals surface area (Å²) in [6.45, 7) is 4.38. The van der Waals surface area contributed by atoms with Crippen LogP contribution in [0.1, 0.15) is 22.8 Å². The first kappa shape index (κ1) is 14.5. The van der Waals surface area contributed by atoms with E-state index in [1.807, 2.05) is 32.0 Å². The predicted molar refractivity (Wildman–Crippen MR) is 84.9 cm³/mol. The van der Waals surface area contributed by atoms with Gasteiger partial charge in [-0.25, -0.2) is 4.98 Å². The number of hydrogen-bond donors (Lipinski definition) is 1. The smallest absolute Gasteiger partial charge is 0.259 e. The molecule has 1 heterocycles. The van der Waals surface area contributed by atoms with Crippen molar-refractivity contribution < 1.29 is 4.79 Å². The molecule has 0 fully saturated rings. The van der Waals surface area contributed by atoms with Crippen LogP contribution in [0.25, 0.3) is 0 Å². The maximum absolute atomic E-state index is 12.7. The zero-order valence-corrected chi connectivity index (χ0v) is 13.0. The summed E-state index contributed by atoms with van der Waals surface area (Å²) >= 11 is 3.40. The van der Waals surface area contributed by atoms with E-state index < -0.39 is 0 Å². The largest absolute Gasteiger partial charge is 0.397 e. The molecule has 0 saturated carbocycles. The van der Waals surface area contributed by atoms with E-state index in [1.54, 1.807) is 23.2 Å². The molecule has 1 aromatic heterocycles. The molecular weight excluding hydrogens is 318 g/mol. The lowest BCUT2D eigenvalue weighted by atomic mass is 10.1. The standard InChI is InChI=1S/C15H16BrN3O/c1-3-19(14-7-6-12(17)9-18-14)15(20)13-8-11(16)5-4-10(13)2/h4-9H,3,17H2,1-2H3. The summed E-state index contributed by atoms with van der Waals surface area (Å²) in [6, 6.07) is 9.17. The third-order valence-corrected chi connectivity index (χ3v) is 3.53. The SMILES string of the molecule is CCN(C(=O)c1cc(Br)ccc1C)c1ccc(N)cn1. The van der Waals surface area contributed by atoms with Gasteiger partial charge in [-0.15, -0.1) is 0 Å². The van der Waals surface area contributed by atoms with Crippen molar-refractivity contribution in [1.29, 1.82) is 0 Å². The van der Waals surface area contributed by atoms with Gasteiger partial charge in [-0.05, 0) is 43.7 Å². The maximum atomic E-state index is 12.7. The summed E-state index contributed by atoms with van der Waals surface area (Å²) in [5, 5.41) is 0.